The molecule has 0 aromatic heterocycles. The molecule has 126 valence electrons. The van der Waals surface area contributed by atoms with Gasteiger partial charge in [-0.2, -0.15) is 13.2 Å². The van der Waals surface area contributed by atoms with Gasteiger partial charge in [-0.25, -0.2) is 0 Å². The maximum atomic E-state index is 12.3. The lowest BCUT2D eigenvalue weighted by atomic mass is 10.1. The molecule has 1 amide bonds. The van der Waals surface area contributed by atoms with Gasteiger partial charge in [0.1, 0.15) is 0 Å². The van der Waals surface area contributed by atoms with Gasteiger partial charge in [-0.3, -0.25) is 9.69 Å². The van der Waals surface area contributed by atoms with Gasteiger partial charge < -0.3 is 5.32 Å². The summed E-state index contributed by atoms with van der Waals surface area (Å²) >= 11 is 5.85. The van der Waals surface area contributed by atoms with Crippen molar-refractivity contribution in [1.82, 2.24) is 10.2 Å². The van der Waals surface area contributed by atoms with Crippen molar-refractivity contribution in [2.45, 2.75) is 12.6 Å². The van der Waals surface area contributed by atoms with E-state index < -0.39 is 12.7 Å². The molecule has 1 atom stereocenters. The maximum Gasteiger partial charge on any atom is 0.401 e. The Morgan fingerprint density at radius 1 is 1.43 bits per heavy atom. The molecule has 0 radical (unpaired) electrons. The lowest BCUT2D eigenvalue weighted by Gasteiger charge is -2.17. The highest BCUT2D eigenvalue weighted by Crippen LogP contribution is 2.22. The van der Waals surface area contributed by atoms with Gasteiger partial charge in [0.05, 0.1) is 6.54 Å². The zero-order valence-corrected chi connectivity index (χ0v) is 13.2. The summed E-state index contributed by atoms with van der Waals surface area (Å²) in [6, 6.07) is 7.08. The zero-order chi connectivity index (χ0) is 16.9. The average Bonchev–Trinajstić information content (AvgIpc) is 2.88. The van der Waals surface area contributed by atoms with E-state index in [1.807, 2.05) is 6.07 Å². The van der Waals surface area contributed by atoms with Crippen LogP contribution in [-0.4, -0.2) is 43.2 Å². The predicted octanol–water partition coefficient (Wildman–Crippen LogP) is 3.35. The number of halogens is 4. The first kappa shape index (κ1) is 17.8. The number of hydrogen-bond acceptors (Lipinski definition) is 2. The van der Waals surface area contributed by atoms with Crippen molar-refractivity contribution < 1.29 is 18.0 Å². The number of hydrogen-bond donors (Lipinski definition) is 1. The van der Waals surface area contributed by atoms with Crippen molar-refractivity contribution in [3.63, 3.8) is 0 Å². The SMILES string of the molecule is O=C(/C=C/c1cccc(Cl)c1)NC[C@@H]1CCN(CC(F)(F)F)C1. The van der Waals surface area contributed by atoms with Crippen LogP contribution in [0.1, 0.15) is 12.0 Å². The second-order valence-electron chi connectivity index (χ2n) is 5.64. The number of carbonyl (C=O) groups is 1. The minimum absolute atomic E-state index is 0.0564. The van der Waals surface area contributed by atoms with Crippen LogP contribution in [0.5, 0.6) is 0 Å². The third kappa shape index (κ3) is 6.62. The molecule has 3 nitrogen and oxygen atoms in total. The minimum Gasteiger partial charge on any atom is -0.352 e. The summed E-state index contributed by atoms with van der Waals surface area (Å²) in [4.78, 5) is 13.1. The molecule has 23 heavy (non-hydrogen) atoms. The summed E-state index contributed by atoms with van der Waals surface area (Å²) in [6.45, 7) is 0.273. The van der Waals surface area contributed by atoms with E-state index in [9.17, 15) is 18.0 Å². The van der Waals surface area contributed by atoms with E-state index in [1.54, 1.807) is 24.3 Å². The Hall–Kier alpha value is -1.53. The summed E-state index contributed by atoms with van der Waals surface area (Å²) < 4.78 is 36.9. The number of benzene rings is 1. The van der Waals surface area contributed by atoms with Crippen LogP contribution in [-0.2, 0) is 4.79 Å². The molecule has 1 aromatic carbocycles. The van der Waals surface area contributed by atoms with Crippen LogP contribution in [0.4, 0.5) is 13.2 Å². The fraction of sp³-hybridized carbons (Fsp3) is 0.438. The van der Waals surface area contributed by atoms with E-state index in [0.717, 1.165) is 5.56 Å². The van der Waals surface area contributed by atoms with Gasteiger partial charge >= 0.3 is 6.18 Å². The summed E-state index contributed by atoms with van der Waals surface area (Å²) in [6.07, 6.45) is -0.466. The van der Waals surface area contributed by atoms with Crippen LogP contribution in [0.3, 0.4) is 0 Å². The Morgan fingerprint density at radius 3 is 2.91 bits per heavy atom. The molecular formula is C16H18ClF3N2O. The first-order chi connectivity index (χ1) is 10.8. The average molecular weight is 347 g/mol. The third-order valence-corrected chi connectivity index (χ3v) is 3.85. The van der Waals surface area contributed by atoms with Gasteiger partial charge in [0.15, 0.2) is 0 Å². The van der Waals surface area contributed by atoms with Crippen LogP contribution in [0.2, 0.25) is 5.02 Å². The molecule has 0 saturated carbocycles. The molecule has 1 saturated heterocycles. The monoisotopic (exact) mass is 346 g/mol. The van der Waals surface area contributed by atoms with Crippen LogP contribution in [0.15, 0.2) is 30.3 Å². The molecule has 0 unspecified atom stereocenters. The Balaban J connectivity index is 1.73. The van der Waals surface area contributed by atoms with Gasteiger partial charge in [-0.1, -0.05) is 23.7 Å². The van der Waals surface area contributed by atoms with E-state index in [-0.39, 0.29) is 11.8 Å². The maximum absolute atomic E-state index is 12.3. The number of nitrogens with zero attached hydrogens (tertiary/aromatic N) is 1. The second kappa shape index (κ2) is 7.84. The Labute approximate surface area is 138 Å². The number of rotatable bonds is 5. The molecule has 1 N–H and O–H groups in total. The number of amides is 1. The molecule has 1 heterocycles. The lowest BCUT2D eigenvalue weighted by molar-refractivity contribution is -0.143. The molecule has 1 fully saturated rings. The van der Waals surface area contributed by atoms with Crippen molar-refractivity contribution in [2.75, 3.05) is 26.2 Å². The highest BCUT2D eigenvalue weighted by molar-refractivity contribution is 6.30. The van der Waals surface area contributed by atoms with E-state index >= 15 is 0 Å². The molecule has 1 aromatic rings. The molecular weight excluding hydrogens is 329 g/mol. The molecule has 2 rings (SSSR count). The van der Waals surface area contributed by atoms with Crippen LogP contribution < -0.4 is 5.32 Å². The van der Waals surface area contributed by atoms with Gasteiger partial charge in [0.2, 0.25) is 5.91 Å². The minimum atomic E-state index is -4.17. The van der Waals surface area contributed by atoms with Gasteiger partial charge in [-0.15, -0.1) is 0 Å². The summed E-state index contributed by atoms with van der Waals surface area (Å²) in [5, 5.41) is 3.31. The number of nitrogens with one attached hydrogen (secondary N) is 1. The molecule has 0 aliphatic carbocycles. The Kier molecular flexibility index (Phi) is 6.07. The van der Waals surface area contributed by atoms with E-state index in [4.69, 9.17) is 11.6 Å². The van der Waals surface area contributed by atoms with E-state index in [1.165, 1.54) is 11.0 Å². The molecule has 0 spiro atoms. The largest absolute Gasteiger partial charge is 0.401 e. The standard InChI is InChI=1S/C16H18ClF3N2O/c17-14-3-1-2-12(8-14)4-5-15(23)21-9-13-6-7-22(10-13)11-16(18,19)20/h1-5,8,13H,6-7,9-11H2,(H,21,23)/b5-4+/t13-/m0/s1. The molecule has 7 heteroatoms. The van der Waals surface area contributed by atoms with Crippen molar-refractivity contribution >= 4 is 23.6 Å². The highest BCUT2D eigenvalue weighted by atomic mass is 35.5. The third-order valence-electron chi connectivity index (χ3n) is 3.61. The Morgan fingerprint density at radius 2 is 2.22 bits per heavy atom. The number of likely N-dealkylation sites (tertiary alicyclic amines) is 1. The molecule has 1 aliphatic heterocycles. The number of carbonyl (C=O) groups excluding carboxylic acids is 1. The normalized spacial score (nSPS) is 19.4. The summed E-state index contributed by atoms with van der Waals surface area (Å²) in [7, 11) is 0. The van der Waals surface area contributed by atoms with Gasteiger partial charge in [0, 0.05) is 24.2 Å². The van der Waals surface area contributed by atoms with E-state index in [0.29, 0.717) is 31.1 Å². The molecule has 0 bridgehead atoms. The van der Waals surface area contributed by atoms with Crippen molar-refractivity contribution in [3.05, 3.63) is 40.9 Å². The summed E-state index contributed by atoms with van der Waals surface area (Å²) in [5.74, 6) is -0.208. The van der Waals surface area contributed by atoms with E-state index in [2.05, 4.69) is 5.32 Å². The number of alkyl halides is 3. The second-order valence-corrected chi connectivity index (χ2v) is 6.07. The first-order valence-electron chi connectivity index (χ1n) is 7.32. The lowest BCUT2D eigenvalue weighted by Crippen LogP contribution is -2.34. The Bertz CT molecular complexity index is 575. The van der Waals surface area contributed by atoms with Gasteiger partial charge in [0.25, 0.3) is 0 Å². The van der Waals surface area contributed by atoms with Crippen molar-refractivity contribution in [3.8, 4) is 0 Å². The van der Waals surface area contributed by atoms with Crippen molar-refractivity contribution in [1.29, 1.82) is 0 Å². The van der Waals surface area contributed by atoms with Crippen molar-refractivity contribution in [2.24, 2.45) is 5.92 Å². The highest BCUT2D eigenvalue weighted by Gasteiger charge is 2.34. The smallest absolute Gasteiger partial charge is 0.352 e. The topological polar surface area (TPSA) is 32.3 Å². The predicted molar refractivity (Wildman–Crippen MR) is 84.1 cm³/mol. The quantitative estimate of drug-likeness (QED) is 0.829. The van der Waals surface area contributed by atoms with Crippen LogP contribution in [0.25, 0.3) is 6.08 Å². The molecule has 1 aliphatic rings. The first-order valence-corrected chi connectivity index (χ1v) is 7.70. The van der Waals surface area contributed by atoms with Gasteiger partial charge in [-0.05, 0) is 42.7 Å². The zero-order valence-electron chi connectivity index (χ0n) is 12.4. The summed E-state index contributed by atoms with van der Waals surface area (Å²) in [5.41, 5.74) is 0.810. The fourth-order valence-electron chi connectivity index (χ4n) is 2.56. The fourth-order valence-corrected chi connectivity index (χ4v) is 2.76. The van der Waals surface area contributed by atoms with Crippen LogP contribution in [0, 0.1) is 5.92 Å². The van der Waals surface area contributed by atoms with Crippen LogP contribution >= 0.6 is 11.6 Å².